The molecule has 0 fully saturated rings. The Balaban J connectivity index is 2.19. The molecule has 8 heteroatoms. The lowest BCUT2D eigenvalue weighted by Gasteiger charge is -2.14. The van der Waals surface area contributed by atoms with E-state index in [4.69, 9.17) is 9.52 Å². The quantitative estimate of drug-likeness (QED) is 0.882. The van der Waals surface area contributed by atoms with Gasteiger partial charge >= 0.3 is 0 Å². The molecule has 2 rings (SSSR count). The summed E-state index contributed by atoms with van der Waals surface area (Å²) in [5.41, 5.74) is 0. The van der Waals surface area contributed by atoms with Crippen LogP contribution in [-0.2, 0) is 23.2 Å². The average molecular weight is 366 g/mol. The van der Waals surface area contributed by atoms with E-state index in [2.05, 4.69) is 15.9 Å². The van der Waals surface area contributed by atoms with Crippen LogP contribution >= 0.6 is 27.3 Å². The van der Waals surface area contributed by atoms with E-state index < -0.39 is 10.0 Å². The van der Waals surface area contributed by atoms with E-state index in [9.17, 15) is 8.42 Å². The van der Waals surface area contributed by atoms with E-state index in [-0.39, 0.29) is 24.0 Å². The molecule has 2 aromatic heterocycles. The van der Waals surface area contributed by atoms with Gasteiger partial charge in [0, 0.05) is 28.3 Å². The van der Waals surface area contributed by atoms with Gasteiger partial charge in [-0.05, 0) is 34.1 Å². The second-order valence-electron chi connectivity index (χ2n) is 3.87. The number of aliphatic hydroxyl groups is 1. The molecule has 2 heterocycles. The third kappa shape index (κ3) is 3.26. The van der Waals surface area contributed by atoms with Crippen LogP contribution in [0.25, 0.3) is 0 Å². The fraction of sp³-hybridized carbons (Fsp3) is 0.273. The minimum absolute atomic E-state index is 0.158. The Hall–Kier alpha value is -0.670. The SMILES string of the molecule is CN(Cc1cc(Br)cs1)S(=O)(=O)c1ccc(CO)o1. The van der Waals surface area contributed by atoms with Crippen LogP contribution in [0, 0.1) is 0 Å². The molecule has 19 heavy (non-hydrogen) atoms. The summed E-state index contributed by atoms with van der Waals surface area (Å²) in [6, 6.07) is 4.67. The lowest BCUT2D eigenvalue weighted by atomic mass is 10.5. The Morgan fingerprint density at radius 1 is 1.47 bits per heavy atom. The summed E-state index contributed by atoms with van der Waals surface area (Å²) in [6.07, 6.45) is 0. The van der Waals surface area contributed by atoms with Gasteiger partial charge in [0.2, 0.25) is 5.09 Å². The van der Waals surface area contributed by atoms with Crippen molar-refractivity contribution in [1.82, 2.24) is 4.31 Å². The summed E-state index contributed by atoms with van der Waals surface area (Å²) in [5, 5.41) is 10.6. The second kappa shape index (κ2) is 5.76. The molecule has 0 radical (unpaired) electrons. The Kier molecular flexibility index (Phi) is 4.46. The zero-order chi connectivity index (χ0) is 14.0. The van der Waals surface area contributed by atoms with Crippen molar-refractivity contribution in [1.29, 1.82) is 0 Å². The van der Waals surface area contributed by atoms with Crippen LogP contribution in [-0.4, -0.2) is 24.9 Å². The average Bonchev–Trinajstić information content (AvgIpc) is 2.98. The molecule has 0 spiro atoms. The Labute approximate surface area is 123 Å². The van der Waals surface area contributed by atoms with Crippen molar-refractivity contribution in [2.24, 2.45) is 0 Å². The first kappa shape index (κ1) is 14.7. The van der Waals surface area contributed by atoms with Crippen LogP contribution in [0.3, 0.4) is 0 Å². The van der Waals surface area contributed by atoms with Gasteiger partial charge in [0.25, 0.3) is 10.0 Å². The topological polar surface area (TPSA) is 70.8 Å². The van der Waals surface area contributed by atoms with Gasteiger partial charge in [-0.1, -0.05) is 0 Å². The van der Waals surface area contributed by atoms with Gasteiger partial charge in [-0.3, -0.25) is 0 Å². The van der Waals surface area contributed by atoms with E-state index in [1.807, 2.05) is 11.4 Å². The van der Waals surface area contributed by atoms with Crippen LogP contribution in [0.5, 0.6) is 0 Å². The third-order valence-electron chi connectivity index (χ3n) is 2.46. The van der Waals surface area contributed by atoms with Gasteiger partial charge < -0.3 is 9.52 Å². The van der Waals surface area contributed by atoms with Crippen LogP contribution in [0.2, 0.25) is 0 Å². The predicted molar refractivity (Wildman–Crippen MR) is 75.3 cm³/mol. The molecule has 0 aliphatic carbocycles. The maximum absolute atomic E-state index is 12.2. The van der Waals surface area contributed by atoms with Crippen LogP contribution in [0.1, 0.15) is 10.6 Å². The maximum atomic E-state index is 12.2. The minimum atomic E-state index is -3.67. The zero-order valence-electron chi connectivity index (χ0n) is 10.0. The molecular weight excluding hydrogens is 354 g/mol. The Morgan fingerprint density at radius 2 is 2.21 bits per heavy atom. The number of nitrogens with zero attached hydrogens (tertiary/aromatic N) is 1. The summed E-state index contributed by atoms with van der Waals surface area (Å²) >= 11 is 4.80. The number of rotatable bonds is 5. The van der Waals surface area contributed by atoms with Crippen molar-refractivity contribution in [2.45, 2.75) is 18.2 Å². The van der Waals surface area contributed by atoms with Crippen LogP contribution < -0.4 is 0 Å². The molecule has 1 N–H and O–H groups in total. The van der Waals surface area contributed by atoms with Crippen molar-refractivity contribution in [3.05, 3.63) is 38.7 Å². The van der Waals surface area contributed by atoms with Crippen molar-refractivity contribution in [3.8, 4) is 0 Å². The third-order valence-corrected chi connectivity index (χ3v) is 5.82. The molecule has 0 amide bonds. The van der Waals surface area contributed by atoms with Crippen LogP contribution in [0.15, 0.2) is 37.6 Å². The first-order valence-corrected chi connectivity index (χ1v) is 8.43. The smallest absolute Gasteiger partial charge is 0.276 e. The molecule has 0 unspecified atom stereocenters. The van der Waals surface area contributed by atoms with Crippen molar-refractivity contribution < 1.29 is 17.9 Å². The fourth-order valence-corrected chi connectivity index (χ4v) is 4.13. The summed E-state index contributed by atoms with van der Waals surface area (Å²) < 4.78 is 31.7. The maximum Gasteiger partial charge on any atom is 0.276 e. The van der Waals surface area contributed by atoms with Gasteiger partial charge in [0.05, 0.1) is 0 Å². The lowest BCUT2D eigenvalue weighted by molar-refractivity contribution is 0.235. The number of aliphatic hydroxyl groups excluding tert-OH is 1. The van der Waals surface area contributed by atoms with Gasteiger partial charge in [0.15, 0.2) is 0 Å². The molecule has 0 aliphatic rings. The monoisotopic (exact) mass is 365 g/mol. The Bertz CT molecular complexity index is 662. The molecule has 0 aromatic carbocycles. The molecule has 0 atom stereocenters. The molecule has 0 aliphatic heterocycles. The number of furan rings is 1. The highest BCUT2D eigenvalue weighted by Crippen LogP contribution is 2.24. The van der Waals surface area contributed by atoms with E-state index >= 15 is 0 Å². The highest BCUT2D eigenvalue weighted by molar-refractivity contribution is 9.10. The highest BCUT2D eigenvalue weighted by Gasteiger charge is 2.25. The molecule has 104 valence electrons. The molecule has 0 saturated carbocycles. The summed E-state index contributed by atoms with van der Waals surface area (Å²) in [6.45, 7) is -0.0507. The number of thiophene rings is 1. The van der Waals surface area contributed by atoms with Crippen molar-refractivity contribution in [3.63, 3.8) is 0 Å². The molecular formula is C11H12BrNO4S2. The summed E-state index contributed by atoms with van der Waals surface area (Å²) in [7, 11) is -2.18. The van der Waals surface area contributed by atoms with Gasteiger partial charge in [-0.2, -0.15) is 4.31 Å². The highest BCUT2D eigenvalue weighted by atomic mass is 79.9. The molecule has 5 nitrogen and oxygen atoms in total. The van der Waals surface area contributed by atoms with Crippen LogP contribution in [0.4, 0.5) is 0 Å². The van der Waals surface area contributed by atoms with Crippen molar-refractivity contribution in [2.75, 3.05) is 7.05 Å². The summed E-state index contributed by atoms with van der Waals surface area (Å²) in [4.78, 5) is 0.923. The Morgan fingerprint density at radius 3 is 2.74 bits per heavy atom. The second-order valence-corrected chi connectivity index (χ2v) is 7.76. The van der Waals surface area contributed by atoms with E-state index in [1.165, 1.54) is 34.8 Å². The zero-order valence-corrected chi connectivity index (χ0v) is 13.3. The number of hydrogen-bond donors (Lipinski definition) is 1. The predicted octanol–water partition coefficient (Wildman–Crippen LogP) is 2.42. The lowest BCUT2D eigenvalue weighted by Crippen LogP contribution is -2.25. The molecule has 2 aromatic rings. The molecule has 0 bridgehead atoms. The number of halogens is 1. The summed E-state index contributed by atoms with van der Waals surface area (Å²) in [5.74, 6) is 0.228. The van der Waals surface area contributed by atoms with E-state index in [0.29, 0.717) is 0 Å². The fourth-order valence-electron chi connectivity index (χ4n) is 1.48. The number of sulfonamides is 1. The largest absolute Gasteiger partial charge is 0.446 e. The minimum Gasteiger partial charge on any atom is -0.446 e. The molecule has 0 saturated heterocycles. The number of hydrogen-bond acceptors (Lipinski definition) is 5. The van der Waals surface area contributed by atoms with Crippen molar-refractivity contribution >= 4 is 37.3 Å². The first-order valence-electron chi connectivity index (χ1n) is 5.32. The van der Waals surface area contributed by atoms with Gasteiger partial charge in [-0.15, -0.1) is 11.3 Å². The van der Waals surface area contributed by atoms with E-state index in [1.54, 1.807) is 0 Å². The van der Waals surface area contributed by atoms with E-state index in [0.717, 1.165) is 9.35 Å². The van der Waals surface area contributed by atoms with Gasteiger partial charge in [0.1, 0.15) is 12.4 Å². The first-order chi connectivity index (χ1) is 8.93. The van der Waals surface area contributed by atoms with Gasteiger partial charge in [-0.25, -0.2) is 8.42 Å². The standard InChI is InChI=1S/C11H12BrNO4S2/c1-13(5-10-4-8(12)7-18-10)19(15,16)11-3-2-9(6-14)17-11/h2-4,7,14H,5-6H2,1H3. The normalized spacial score (nSPS) is 12.2.